The third-order valence-electron chi connectivity index (χ3n) is 5.71. The number of nitrogens with zero attached hydrogens (tertiary/aromatic N) is 3. The number of piperazine rings is 1. The number of hydrogen-bond donors (Lipinski definition) is 0. The molecule has 0 bridgehead atoms. The number of carbonyl (C=O) groups is 1. The monoisotopic (exact) mass is 435 g/mol. The number of methoxy groups -OCH3 is 1. The van der Waals surface area contributed by atoms with Gasteiger partial charge in [0.15, 0.2) is 18.1 Å². The maximum atomic E-state index is 12.6. The first kappa shape index (κ1) is 21.6. The van der Waals surface area contributed by atoms with Crippen molar-refractivity contribution in [2.45, 2.75) is 6.54 Å². The number of carbonyl (C=O) groups excluding carboxylic acids is 1. The average molecular weight is 435 g/mol. The molecular weight excluding hydrogens is 410 g/mol. The fraction of sp³-hybridized carbons (Fsp3) is 0.292. The van der Waals surface area contributed by atoms with Gasteiger partial charge in [-0.1, -0.05) is 42.5 Å². The fourth-order valence-corrected chi connectivity index (χ4v) is 3.95. The first-order valence-corrected chi connectivity index (χ1v) is 10.5. The summed E-state index contributed by atoms with van der Waals surface area (Å²) in [6, 6.07) is 18.8. The van der Waals surface area contributed by atoms with Gasteiger partial charge in [0.25, 0.3) is 11.6 Å². The maximum Gasteiger partial charge on any atom is 0.273 e. The van der Waals surface area contributed by atoms with Crippen LogP contribution >= 0.6 is 0 Å². The van der Waals surface area contributed by atoms with E-state index in [1.54, 1.807) is 4.90 Å². The molecule has 1 heterocycles. The lowest BCUT2D eigenvalue weighted by Gasteiger charge is -2.34. The fourth-order valence-electron chi connectivity index (χ4n) is 3.95. The zero-order valence-electron chi connectivity index (χ0n) is 17.9. The van der Waals surface area contributed by atoms with Gasteiger partial charge in [-0.15, -0.1) is 0 Å². The predicted octanol–water partition coefficient (Wildman–Crippen LogP) is 3.48. The summed E-state index contributed by atoms with van der Waals surface area (Å²) in [5.41, 5.74) is 1.17. The van der Waals surface area contributed by atoms with Crippen LogP contribution in [0.4, 0.5) is 5.69 Å². The van der Waals surface area contributed by atoms with E-state index in [-0.39, 0.29) is 24.0 Å². The van der Waals surface area contributed by atoms with Crippen molar-refractivity contribution >= 4 is 22.4 Å². The van der Waals surface area contributed by atoms with E-state index in [2.05, 4.69) is 41.3 Å². The normalized spacial score (nSPS) is 14.3. The summed E-state index contributed by atoms with van der Waals surface area (Å²) in [5.74, 6) is 0.385. The highest BCUT2D eigenvalue weighted by Crippen LogP contribution is 2.31. The number of rotatable bonds is 7. The number of benzene rings is 3. The van der Waals surface area contributed by atoms with Gasteiger partial charge in [0.1, 0.15) is 0 Å². The van der Waals surface area contributed by atoms with Crippen LogP contribution in [0.1, 0.15) is 5.56 Å². The smallest absolute Gasteiger partial charge is 0.273 e. The first-order chi connectivity index (χ1) is 15.5. The number of nitro benzene ring substituents is 1. The molecule has 8 heteroatoms. The summed E-state index contributed by atoms with van der Waals surface area (Å²) in [7, 11) is 1.45. The van der Waals surface area contributed by atoms with Gasteiger partial charge in [-0.3, -0.25) is 19.8 Å². The zero-order valence-corrected chi connectivity index (χ0v) is 17.9. The van der Waals surface area contributed by atoms with E-state index < -0.39 is 4.92 Å². The number of ether oxygens (including phenoxy) is 2. The molecule has 0 aliphatic carbocycles. The van der Waals surface area contributed by atoms with E-state index in [1.807, 2.05) is 6.07 Å². The lowest BCUT2D eigenvalue weighted by Crippen LogP contribution is -2.49. The summed E-state index contributed by atoms with van der Waals surface area (Å²) >= 11 is 0. The molecule has 3 aromatic carbocycles. The Bertz CT molecular complexity index is 1120. The second-order valence-electron chi connectivity index (χ2n) is 7.68. The minimum absolute atomic E-state index is 0.115. The highest BCUT2D eigenvalue weighted by atomic mass is 16.6. The molecule has 0 atom stereocenters. The third kappa shape index (κ3) is 4.81. The van der Waals surface area contributed by atoms with Crippen LogP contribution in [0.5, 0.6) is 11.5 Å². The van der Waals surface area contributed by atoms with Crippen LogP contribution in [0.15, 0.2) is 60.7 Å². The summed E-state index contributed by atoms with van der Waals surface area (Å²) in [4.78, 5) is 27.2. The van der Waals surface area contributed by atoms with Crippen molar-refractivity contribution in [2.24, 2.45) is 0 Å². The molecule has 0 aromatic heterocycles. The van der Waals surface area contributed by atoms with Gasteiger partial charge in [0.2, 0.25) is 0 Å². The molecule has 3 aromatic rings. The predicted molar refractivity (Wildman–Crippen MR) is 121 cm³/mol. The highest BCUT2D eigenvalue weighted by molar-refractivity contribution is 5.85. The Morgan fingerprint density at radius 1 is 1.00 bits per heavy atom. The van der Waals surface area contributed by atoms with E-state index in [0.717, 1.165) is 19.6 Å². The lowest BCUT2D eigenvalue weighted by molar-refractivity contribution is -0.385. The molecule has 166 valence electrons. The maximum absolute atomic E-state index is 12.6. The Morgan fingerprint density at radius 3 is 2.50 bits per heavy atom. The number of amides is 1. The van der Waals surface area contributed by atoms with Crippen molar-refractivity contribution in [3.05, 3.63) is 76.3 Å². The van der Waals surface area contributed by atoms with Crippen LogP contribution in [-0.2, 0) is 11.3 Å². The van der Waals surface area contributed by atoms with Crippen LogP contribution in [0.2, 0.25) is 0 Å². The van der Waals surface area contributed by atoms with Crippen LogP contribution < -0.4 is 9.47 Å². The van der Waals surface area contributed by atoms with Gasteiger partial charge < -0.3 is 14.4 Å². The van der Waals surface area contributed by atoms with E-state index in [9.17, 15) is 14.9 Å². The Labute approximate surface area is 186 Å². The second kappa shape index (κ2) is 9.65. The molecule has 0 saturated carbocycles. The molecule has 1 saturated heterocycles. The van der Waals surface area contributed by atoms with Crippen molar-refractivity contribution in [3.8, 4) is 11.5 Å². The van der Waals surface area contributed by atoms with Crippen molar-refractivity contribution in [1.29, 1.82) is 0 Å². The van der Waals surface area contributed by atoms with Gasteiger partial charge in [-0.25, -0.2) is 0 Å². The van der Waals surface area contributed by atoms with Crippen molar-refractivity contribution in [1.82, 2.24) is 9.80 Å². The third-order valence-corrected chi connectivity index (χ3v) is 5.71. The number of fused-ring (bicyclic) bond motifs is 1. The minimum Gasteiger partial charge on any atom is -0.493 e. The van der Waals surface area contributed by atoms with Crippen molar-refractivity contribution < 1.29 is 19.2 Å². The van der Waals surface area contributed by atoms with Crippen LogP contribution in [0, 0.1) is 10.1 Å². The molecule has 1 aliphatic heterocycles. The Hall–Kier alpha value is -3.65. The van der Waals surface area contributed by atoms with Crippen LogP contribution in [0.25, 0.3) is 10.8 Å². The topological polar surface area (TPSA) is 85.2 Å². The molecule has 1 aliphatic rings. The second-order valence-corrected chi connectivity index (χ2v) is 7.68. The number of non-ortho nitro benzene ring substituents is 1. The Balaban J connectivity index is 1.32. The molecule has 0 N–H and O–H groups in total. The van der Waals surface area contributed by atoms with E-state index in [0.29, 0.717) is 18.8 Å². The summed E-state index contributed by atoms with van der Waals surface area (Å²) in [6.45, 7) is 3.41. The molecule has 0 radical (unpaired) electrons. The standard InChI is InChI=1S/C24H25N3O5/c1-31-22-10-9-20(27(29)30)15-23(22)32-17-24(28)26-13-11-25(12-14-26)16-19-7-4-6-18-5-2-3-8-21(18)19/h2-10,15H,11-14,16-17H2,1H3. The molecule has 0 spiro atoms. The Kier molecular flexibility index (Phi) is 6.51. The SMILES string of the molecule is COc1ccc([N+](=O)[O-])cc1OCC(=O)N1CCN(Cc2cccc3ccccc23)CC1. The number of nitro groups is 1. The van der Waals surface area contributed by atoms with Gasteiger partial charge in [-0.2, -0.15) is 0 Å². The molecular formula is C24H25N3O5. The molecule has 1 amide bonds. The first-order valence-electron chi connectivity index (χ1n) is 10.5. The van der Waals surface area contributed by atoms with E-state index in [1.165, 1.54) is 41.6 Å². The quantitative estimate of drug-likeness (QED) is 0.417. The highest BCUT2D eigenvalue weighted by Gasteiger charge is 2.22. The molecule has 32 heavy (non-hydrogen) atoms. The molecule has 1 fully saturated rings. The van der Waals surface area contributed by atoms with Crippen LogP contribution in [0.3, 0.4) is 0 Å². The van der Waals surface area contributed by atoms with Crippen molar-refractivity contribution in [3.63, 3.8) is 0 Å². The van der Waals surface area contributed by atoms with E-state index >= 15 is 0 Å². The van der Waals surface area contributed by atoms with Crippen molar-refractivity contribution in [2.75, 3.05) is 39.9 Å². The van der Waals surface area contributed by atoms with E-state index in [4.69, 9.17) is 9.47 Å². The van der Waals surface area contributed by atoms with Gasteiger partial charge in [-0.05, 0) is 22.4 Å². The summed E-state index contributed by atoms with van der Waals surface area (Å²) in [6.07, 6.45) is 0. The average Bonchev–Trinajstić information content (AvgIpc) is 2.83. The molecule has 4 rings (SSSR count). The Morgan fingerprint density at radius 2 is 1.75 bits per heavy atom. The zero-order chi connectivity index (χ0) is 22.5. The summed E-state index contributed by atoms with van der Waals surface area (Å²) in [5, 5.41) is 13.5. The van der Waals surface area contributed by atoms with Gasteiger partial charge >= 0.3 is 0 Å². The minimum atomic E-state index is -0.511. The number of hydrogen-bond acceptors (Lipinski definition) is 6. The van der Waals surface area contributed by atoms with Crippen LogP contribution in [-0.4, -0.2) is 60.5 Å². The molecule has 0 unspecified atom stereocenters. The van der Waals surface area contributed by atoms with Gasteiger partial charge in [0.05, 0.1) is 18.1 Å². The molecule has 8 nitrogen and oxygen atoms in total. The largest absolute Gasteiger partial charge is 0.493 e. The lowest BCUT2D eigenvalue weighted by atomic mass is 10.0. The van der Waals surface area contributed by atoms with Gasteiger partial charge in [0, 0.05) is 38.8 Å². The summed E-state index contributed by atoms with van der Waals surface area (Å²) < 4.78 is 10.8.